The average molecular weight is 482 g/mol. The Balaban J connectivity index is 1.64. The third-order valence-corrected chi connectivity index (χ3v) is 6.18. The van der Waals surface area contributed by atoms with Crippen LogP contribution in [0.15, 0.2) is 65.0 Å². The number of esters is 1. The van der Waals surface area contributed by atoms with Crippen LogP contribution in [0.4, 0.5) is 11.6 Å². The fourth-order valence-electron chi connectivity index (χ4n) is 3.62. The highest BCUT2D eigenvalue weighted by Crippen LogP contribution is 2.37. The number of aromatic nitrogens is 3. The van der Waals surface area contributed by atoms with E-state index in [0.717, 1.165) is 11.1 Å². The van der Waals surface area contributed by atoms with E-state index in [0.29, 0.717) is 33.9 Å². The van der Waals surface area contributed by atoms with Gasteiger partial charge in [-0.1, -0.05) is 36.0 Å². The van der Waals surface area contributed by atoms with Crippen LogP contribution in [0.3, 0.4) is 0 Å². The summed E-state index contributed by atoms with van der Waals surface area (Å²) in [6.07, 6.45) is 0. The highest BCUT2D eigenvalue weighted by Gasteiger charge is 2.35. The highest BCUT2D eigenvalue weighted by molar-refractivity contribution is 7.98. The lowest BCUT2D eigenvalue weighted by Gasteiger charge is -2.28. The summed E-state index contributed by atoms with van der Waals surface area (Å²) in [4.78, 5) is 27.9. The molecule has 11 heteroatoms. The number of nitrogens with zero attached hydrogens (tertiary/aromatic N) is 4. The fourth-order valence-corrected chi connectivity index (χ4v) is 4.41. The molecular formula is C23H23N5O5S. The Kier molecular flexibility index (Phi) is 6.82. The van der Waals surface area contributed by atoms with Gasteiger partial charge >= 0.3 is 5.97 Å². The SMILES string of the molecule is CCOC(=O)C1=C(C)Nc2nc(SCc3ccc([N+](=O)[O-])cc3)nn2C1c1ccc(OC)cc1. The van der Waals surface area contributed by atoms with Crippen molar-refractivity contribution < 1.29 is 19.2 Å². The minimum absolute atomic E-state index is 0.0453. The summed E-state index contributed by atoms with van der Waals surface area (Å²) in [5, 5.41) is 19.2. The third kappa shape index (κ3) is 4.74. The number of fused-ring (bicyclic) bond motifs is 1. The second kappa shape index (κ2) is 9.96. The second-order valence-corrected chi connectivity index (χ2v) is 8.38. The molecule has 176 valence electrons. The van der Waals surface area contributed by atoms with Crippen molar-refractivity contribution in [2.24, 2.45) is 0 Å². The van der Waals surface area contributed by atoms with Gasteiger partial charge in [-0.3, -0.25) is 10.1 Å². The molecule has 1 aliphatic heterocycles. The van der Waals surface area contributed by atoms with E-state index in [1.165, 1.54) is 23.9 Å². The third-order valence-electron chi connectivity index (χ3n) is 5.28. The van der Waals surface area contributed by atoms with E-state index < -0.39 is 16.9 Å². The Bertz CT molecular complexity index is 1240. The van der Waals surface area contributed by atoms with Gasteiger partial charge in [0.05, 0.1) is 24.2 Å². The number of rotatable bonds is 8. The molecule has 1 aliphatic rings. The summed E-state index contributed by atoms with van der Waals surface area (Å²) in [5.74, 6) is 1.33. The zero-order valence-corrected chi connectivity index (χ0v) is 19.7. The van der Waals surface area contributed by atoms with E-state index in [9.17, 15) is 14.9 Å². The number of anilines is 1. The molecule has 0 aliphatic carbocycles. The zero-order chi connectivity index (χ0) is 24.2. The first-order chi connectivity index (χ1) is 16.4. The van der Waals surface area contributed by atoms with Gasteiger partial charge in [-0.2, -0.15) is 4.98 Å². The number of carbonyl (C=O) groups is 1. The molecule has 2 aromatic carbocycles. The maximum Gasteiger partial charge on any atom is 0.338 e. The number of ether oxygens (including phenoxy) is 2. The van der Waals surface area contributed by atoms with Crippen molar-refractivity contribution in [2.75, 3.05) is 19.0 Å². The molecule has 0 bridgehead atoms. The predicted molar refractivity (Wildman–Crippen MR) is 127 cm³/mol. The van der Waals surface area contributed by atoms with Gasteiger partial charge in [-0.05, 0) is 37.1 Å². The molecule has 1 N–H and O–H groups in total. The number of nitrogens with one attached hydrogen (secondary N) is 1. The number of hydrogen-bond acceptors (Lipinski definition) is 9. The van der Waals surface area contributed by atoms with Gasteiger partial charge in [0.2, 0.25) is 11.1 Å². The van der Waals surface area contributed by atoms with Crippen molar-refractivity contribution in [3.63, 3.8) is 0 Å². The van der Waals surface area contributed by atoms with Gasteiger partial charge in [-0.25, -0.2) is 9.48 Å². The van der Waals surface area contributed by atoms with Gasteiger partial charge in [0, 0.05) is 23.6 Å². The molecule has 0 radical (unpaired) electrons. The predicted octanol–water partition coefficient (Wildman–Crippen LogP) is 4.34. The van der Waals surface area contributed by atoms with Crippen LogP contribution in [-0.2, 0) is 15.3 Å². The van der Waals surface area contributed by atoms with E-state index in [-0.39, 0.29) is 12.3 Å². The summed E-state index contributed by atoms with van der Waals surface area (Å²) < 4.78 is 12.3. The van der Waals surface area contributed by atoms with E-state index in [1.54, 1.807) is 30.8 Å². The van der Waals surface area contributed by atoms with Gasteiger partial charge in [-0.15, -0.1) is 5.10 Å². The number of nitro benzene ring substituents is 1. The lowest BCUT2D eigenvalue weighted by Crippen LogP contribution is -2.29. The quantitative estimate of drug-likeness (QED) is 0.217. The molecule has 1 atom stereocenters. The number of non-ortho nitro benzene ring substituents is 1. The Morgan fingerprint density at radius 2 is 1.91 bits per heavy atom. The Labute approximate surface area is 200 Å². The Morgan fingerprint density at radius 1 is 1.21 bits per heavy atom. The van der Waals surface area contributed by atoms with Crippen LogP contribution in [0.1, 0.15) is 31.0 Å². The van der Waals surface area contributed by atoms with Gasteiger partial charge in [0.1, 0.15) is 11.8 Å². The average Bonchev–Trinajstić information content (AvgIpc) is 3.24. The van der Waals surface area contributed by atoms with Crippen LogP contribution < -0.4 is 10.1 Å². The summed E-state index contributed by atoms with van der Waals surface area (Å²) in [6.45, 7) is 3.83. The van der Waals surface area contributed by atoms with Crippen LogP contribution in [0.5, 0.6) is 5.75 Å². The standard InChI is InChI=1S/C23H23N5O5S/c1-4-33-21(29)19-14(2)24-22-25-23(34-13-15-5-9-17(10-6-15)28(30)31)26-27(22)20(19)16-7-11-18(32-3)12-8-16/h5-12,20H,4,13H2,1-3H3,(H,24,25,26). The van der Waals surface area contributed by atoms with E-state index >= 15 is 0 Å². The molecule has 2 heterocycles. The molecule has 1 unspecified atom stereocenters. The molecule has 0 saturated carbocycles. The highest BCUT2D eigenvalue weighted by atomic mass is 32.2. The van der Waals surface area contributed by atoms with Crippen molar-refractivity contribution >= 4 is 29.4 Å². The number of allylic oxidation sites excluding steroid dienone is 1. The van der Waals surface area contributed by atoms with Crippen LogP contribution in [0, 0.1) is 10.1 Å². The smallest absolute Gasteiger partial charge is 0.338 e. The first kappa shape index (κ1) is 23.3. The second-order valence-electron chi connectivity index (χ2n) is 7.43. The number of nitro groups is 1. The Hall–Kier alpha value is -3.86. The monoisotopic (exact) mass is 481 g/mol. The van der Waals surface area contributed by atoms with Crippen molar-refractivity contribution in [3.8, 4) is 5.75 Å². The van der Waals surface area contributed by atoms with Crippen LogP contribution in [-0.4, -0.2) is 39.4 Å². The number of benzene rings is 2. The van der Waals surface area contributed by atoms with Crippen molar-refractivity contribution in [3.05, 3.63) is 81.0 Å². The lowest BCUT2D eigenvalue weighted by atomic mass is 9.96. The summed E-state index contributed by atoms with van der Waals surface area (Å²) in [7, 11) is 1.59. The van der Waals surface area contributed by atoms with Crippen molar-refractivity contribution in [1.29, 1.82) is 0 Å². The van der Waals surface area contributed by atoms with Gasteiger partial charge < -0.3 is 14.8 Å². The first-order valence-electron chi connectivity index (χ1n) is 10.5. The lowest BCUT2D eigenvalue weighted by molar-refractivity contribution is -0.384. The summed E-state index contributed by atoms with van der Waals surface area (Å²) in [6, 6.07) is 13.3. The maximum atomic E-state index is 12.9. The normalized spacial score (nSPS) is 14.9. The number of hydrogen-bond donors (Lipinski definition) is 1. The number of carbonyl (C=O) groups excluding carboxylic acids is 1. The zero-order valence-electron chi connectivity index (χ0n) is 18.8. The fraction of sp³-hybridized carbons (Fsp3) is 0.261. The van der Waals surface area contributed by atoms with Gasteiger partial charge in [0.25, 0.3) is 5.69 Å². The van der Waals surface area contributed by atoms with Gasteiger partial charge in [0.15, 0.2) is 0 Å². The van der Waals surface area contributed by atoms with E-state index in [1.807, 2.05) is 31.2 Å². The molecule has 10 nitrogen and oxygen atoms in total. The number of methoxy groups -OCH3 is 1. The molecule has 0 saturated heterocycles. The molecule has 0 amide bonds. The topological polar surface area (TPSA) is 121 Å². The molecule has 0 spiro atoms. The van der Waals surface area contributed by atoms with Crippen LogP contribution >= 0.6 is 11.8 Å². The molecule has 34 heavy (non-hydrogen) atoms. The molecule has 1 aromatic heterocycles. The minimum Gasteiger partial charge on any atom is -0.497 e. The van der Waals surface area contributed by atoms with Crippen LogP contribution in [0.2, 0.25) is 0 Å². The summed E-state index contributed by atoms with van der Waals surface area (Å²) in [5.41, 5.74) is 2.89. The van der Waals surface area contributed by atoms with E-state index in [4.69, 9.17) is 9.47 Å². The van der Waals surface area contributed by atoms with Crippen molar-refractivity contribution in [1.82, 2.24) is 14.8 Å². The molecule has 4 rings (SSSR count). The molecule has 0 fully saturated rings. The van der Waals surface area contributed by atoms with Crippen molar-refractivity contribution in [2.45, 2.75) is 30.8 Å². The van der Waals surface area contributed by atoms with E-state index in [2.05, 4.69) is 15.4 Å². The Morgan fingerprint density at radius 3 is 2.53 bits per heavy atom. The first-order valence-corrected chi connectivity index (χ1v) is 11.5. The summed E-state index contributed by atoms with van der Waals surface area (Å²) >= 11 is 1.40. The minimum atomic E-state index is -0.526. The molecule has 3 aromatic rings. The van der Waals surface area contributed by atoms with Crippen LogP contribution in [0.25, 0.3) is 0 Å². The maximum absolute atomic E-state index is 12.9. The number of thioether (sulfide) groups is 1. The molecular weight excluding hydrogens is 458 g/mol. The largest absolute Gasteiger partial charge is 0.497 e.